The summed E-state index contributed by atoms with van der Waals surface area (Å²) in [5.41, 5.74) is 14.5. The fraction of sp³-hybridized carbons (Fsp3) is 0.556. The van der Waals surface area contributed by atoms with Crippen LogP contribution in [0, 0.1) is 0 Å². The first-order valence-electron chi connectivity index (χ1n) is 15.9. The second-order valence-electron chi connectivity index (χ2n) is 14.2. The van der Waals surface area contributed by atoms with Gasteiger partial charge in [-0.2, -0.15) is 0 Å². The van der Waals surface area contributed by atoms with Gasteiger partial charge in [0.15, 0.2) is 0 Å². The van der Waals surface area contributed by atoms with E-state index in [1.54, 1.807) is 0 Å². The van der Waals surface area contributed by atoms with Crippen LogP contribution in [-0.4, -0.2) is 6.66 Å². The van der Waals surface area contributed by atoms with Crippen LogP contribution in [0.15, 0.2) is 35.4 Å². The fourth-order valence-electron chi connectivity index (χ4n) is 7.56. The molecule has 219 valence electrons. The molecule has 0 aromatic heterocycles. The normalized spacial score (nSPS) is 19.9. The Morgan fingerprint density at radius 2 is 0.975 bits per heavy atom. The van der Waals surface area contributed by atoms with Gasteiger partial charge in [-0.3, -0.25) is 0 Å². The Morgan fingerprint density at radius 3 is 1.23 bits per heavy atom. The van der Waals surface area contributed by atoms with Crippen molar-refractivity contribution in [3.8, 4) is 0 Å². The molecule has 0 aliphatic heterocycles. The SMILES string of the molecule is CCC1=Cc2c(C(C)C)cc(C(C)C)cc2[CH]1[Ti]([Cl])([Cl])([CH]1C(CC)=Cc2c(C(C)C)cc(C(C)C)cc21)[SiH](C)C. The average molecular weight is 633 g/mol. The van der Waals surface area contributed by atoms with E-state index in [0.717, 1.165) is 12.8 Å². The minimum atomic E-state index is -4.42. The van der Waals surface area contributed by atoms with Crippen molar-refractivity contribution in [2.45, 2.75) is 127 Å². The van der Waals surface area contributed by atoms with E-state index < -0.39 is 19.1 Å². The zero-order valence-corrected chi connectivity index (χ0v) is 31.4. The molecule has 0 radical (unpaired) electrons. The van der Waals surface area contributed by atoms with Gasteiger partial charge in [-0.15, -0.1) is 0 Å². The Balaban J connectivity index is 2.11. The topological polar surface area (TPSA) is 0 Å². The van der Waals surface area contributed by atoms with Gasteiger partial charge in [-0.1, -0.05) is 0 Å². The van der Waals surface area contributed by atoms with E-state index in [9.17, 15) is 0 Å². The Hall–Kier alpha value is -0.569. The van der Waals surface area contributed by atoms with Crippen molar-refractivity contribution in [3.63, 3.8) is 0 Å². The van der Waals surface area contributed by atoms with Crippen molar-refractivity contribution >= 4 is 37.4 Å². The van der Waals surface area contributed by atoms with Crippen LogP contribution in [0.3, 0.4) is 0 Å². The maximum absolute atomic E-state index is 8.61. The summed E-state index contributed by atoms with van der Waals surface area (Å²) in [6, 6.07) is 9.94. The first-order valence-corrected chi connectivity index (χ1v) is 27.6. The first-order chi connectivity index (χ1) is 18.6. The van der Waals surface area contributed by atoms with Crippen molar-refractivity contribution < 1.29 is 12.4 Å². The van der Waals surface area contributed by atoms with E-state index in [0.29, 0.717) is 23.7 Å². The molecule has 0 N–H and O–H groups in total. The predicted molar refractivity (Wildman–Crippen MR) is 182 cm³/mol. The maximum atomic E-state index is 8.61. The van der Waals surface area contributed by atoms with Gasteiger partial charge in [0, 0.05) is 0 Å². The summed E-state index contributed by atoms with van der Waals surface area (Å²) in [6.45, 7) is 26.6. The van der Waals surface area contributed by atoms with E-state index in [1.807, 2.05) is 0 Å². The van der Waals surface area contributed by atoms with Gasteiger partial charge in [0.2, 0.25) is 0 Å². The quantitative estimate of drug-likeness (QED) is 0.241. The van der Waals surface area contributed by atoms with Gasteiger partial charge in [0.1, 0.15) is 0 Å². The van der Waals surface area contributed by atoms with Crippen LogP contribution in [0.4, 0.5) is 0 Å². The molecule has 40 heavy (non-hydrogen) atoms. The van der Waals surface area contributed by atoms with E-state index in [4.69, 9.17) is 18.6 Å². The second kappa shape index (κ2) is 11.5. The molecule has 2 aromatic rings. The Morgan fingerprint density at radius 1 is 0.625 bits per heavy atom. The molecule has 4 rings (SSSR count). The van der Waals surface area contributed by atoms with E-state index in [-0.39, 0.29) is 8.45 Å². The number of hydrogen-bond donors (Lipinski definition) is 0. The summed E-state index contributed by atoms with van der Waals surface area (Å²) < 4.78 is 0.332. The third-order valence-corrected chi connectivity index (χ3v) is 45.4. The molecule has 4 heteroatoms. The molecule has 0 bridgehead atoms. The summed E-state index contributed by atoms with van der Waals surface area (Å²) in [7, 11) is 17.2. The Bertz CT molecular complexity index is 1260. The van der Waals surface area contributed by atoms with Crippen molar-refractivity contribution in [2.75, 3.05) is 0 Å². The zero-order valence-electron chi connectivity index (χ0n) is 27.2. The van der Waals surface area contributed by atoms with Crippen molar-refractivity contribution in [1.29, 1.82) is 0 Å². The molecule has 0 amide bonds. The van der Waals surface area contributed by atoms with Gasteiger partial charge in [-0.25, -0.2) is 0 Å². The Kier molecular flexibility index (Phi) is 9.30. The minimum absolute atomic E-state index is 0.166. The third kappa shape index (κ3) is 5.02. The molecular weight excluding hydrogens is 579 g/mol. The molecule has 2 aliphatic rings. The van der Waals surface area contributed by atoms with Gasteiger partial charge >= 0.3 is 257 Å². The van der Waals surface area contributed by atoms with Crippen LogP contribution in [0.25, 0.3) is 12.2 Å². The number of benzene rings is 2. The molecule has 0 fully saturated rings. The summed E-state index contributed by atoms with van der Waals surface area (Å²) in [4.78, 5) is 0. The van der Waals surface area contributed by atoms with Crippen LogP contribution in [0.2, 0.25) is 13.1 Å². The number of hydrogen-bond acceptors (Lipinski definition) is 0. The number of allylic oxidation sites excluding steroid dienone is 2. The number of fused-ring (bicyclic) bond motifs is 2. The average Bonchev–Trinajstić information content (AvgIpc) is 3.46. The predicted octanol–water partition coefficient (Wildman–Crippen LogP) is 12.6. The molecule has 0 saturated carbocycles. The van der Waals surface area contributed by atoms with E-state index >= 15 is 0 Å². The molecule has 2 aromatic carbocycles. The van der Waals surface area contributed by atoms with E-state index in [2.05, 4.69) is 119 Å². The van der Waals surface area contributed by atoms with Crippen molar-refractivity contribution in [1.82, 2.24) is 0 Å². The monoisotopic (exact) mass is 631 g/mol. The van der Waals surface area contributed by atoms with E-state index in [1.165, 1.54) is 55.7 Å². The number of halogens is 2. The number of rotatable bonds is 9. The summed E-state index contributed by atoms with van der Waals surface area (Å²) in [5.74, 6) is 1.85. The first kappa shape index (κ1) is 32.3. The van der Waals surface area contributed by atoms with Crippen LogP contribution in [0.5, 0.6) is 0 Å². The van der Waals surface area contributed by atoms with Gasteiger partial charge < -0.3 is 0 Å². The van der Waals surface area contributed by atoms with Gasteiger partial charge in [0.25, 0.3) is 0 Å². The molecule has 0 heterocycles. The molecule has 0 spiro atoms. The molecule has 2 unspecified atom stereocenters. The molecule has 0 nitrogen and oxygen atoms in total. The second-order valence-corrected chi connectivity index (χ2v) is 43.5. The molecule has 0 saturated heterocycles. The Labute approximate surface area is 255 Å². The summed E-state index contributed by atoms with van der Waals surface area (Å²) >= 11 is -4.42. The van der Waals surface area contributed by atoms with Crippen LogP contribution in [0.1, 0.15) is 159 Å². The van der Waals surface area contributed by atoms with Crippen molar-refractivity contribution in [2.24, 2.45) is 0 Å². The third-order valence-electron chi connectivity index (χ3n) is 10.2. The molecule has 2 aliphatic carbocycles. The van der Waals surface area contributed by atoms with Gasteiger partial charge in [-0.05, 0) is 0 Å². The fourth-order valence-corrected chi connectivity index (χ4v) is 28.9. The summed E-state index contributed by atoms with van der Waals surface area (Å²) in [6.07, 6.45) is 7.03. The molecule has 2 atom stereocenters. The van der Waals surface area contributed by atoms with Crippen molar-refractivity contribution in [3.05, 3.63) is 79.9 Å². The molecular formula is C36H53Cl2SiTi. The summed E-state index contributed by atoms with van der Waals surface area (Å²) in [5, 5.41) is 0. The van der Waals surface area contributed by atoms with Crippen LogP contribution in [-0.2, 0) is 12.4 Å². The zero-order chi connectivity index (χ0) is 29.9. The van der Waals surface area contributed by atoms with Crippen LogP contribution >= 0.6 is 18.6 Å². The van der Waals surface area contributed by atoms with Crippen LogP contribution < -0.4 is 0 Å². The van der Waals surface area contributed by atoms with Gasteiger partial charge in [0.05, 0.1) is 0 Å². The standard InChI is InChI=1S/2C17H23.C2H7Si.2ClH.Ti/c2*1-6-13-7-15-9-14(11(2)3)10-16(12(4)5)17(15)8-13;1-3-2;;;/h2*7-12H,6H2,1-5H3;3H,1-2H3;2*1H;/q;;;;;+2/p-2.